The van der Waals surface area contributed by atoms with Gasteiger partial charge in [0.1, 0.15) is 11.4 Å². The molecule has 0 saturated carbocycles. The van der Waals surface area contributed by atoms with E-state index in [0.29, 0.717) is 11.2 Å². The van der Waals surface area contributed by atoms with Gasteiger partial charge in [0.15, 0.2) is 0 Å². The van der Waals surface area contributed by atoms with Gasteiger partial charge in [-0.3, -0.25) is 9.20 Å². The van der Waals surface area contributed by atoms with E-state index in [4.69, 9.17) is 0 Å². The van der Waals surface area contributed by atoms with Gasteiger partial charge in [0.25, 0.3) is 5.56 Å². The molecule has 0 aliphatic carbocycles. The van der Waals surface area contributed by atoms with Crippen LogP contribution in [0.2, 0.25) is 0 Å². The summed E-state index contributed by atoms with van der Waals surface area (Å²) in [6.07, 6.45) is -3.04. The van der Waals surface area contributed by atoms with Gasteiger partial charge in [-0.15, -0.1) is 13.2 Å². The van der Waals surface area contributed by atoms with E-state index in [1.54, 1.807) is 18.3 Å². The highest BCUT2D eigenvalue weighted by atomic mass is 19.4. The fourth-order valence-electron chi connectivity index (χ4n) is 3.20. The van der Waals surface area contributed by atoms with Gasteiger partial charge >= 0.3 is 6.36 Å². The summed E-state index contributed by atoms with van der Waals surface area (Å²) in [5, 5.41) is 3.27. The molecule has 2 aromatic heterocycles. The first-order valence-corrected chi connectivity index (χ1v) is 8.74. The molecule has 3 aromatic rings. The molecular formula is C19H17F3N4O2. The molecular weight excluding hydrogens is 373 g/mol. The lowest BCUT2D eigenvalue weighted by Crippen LogP contribution is -2.43. The van der Waals surface area contributed by atoms with Crippen LogP contribution in [0.4, 0.5) is 18.9 Å². The van der Waals surface area contributed by atoms with Crippen molar-refractivity contribution >= 4 is 11.3 Å². The topological polar surface area (TPSA) is 58.9 Å². The first kappa shape index (κ1) is 18.3. The number of hydrogen-bond donors (Lipinski definition) is 1. The van der Waals surface area contributed by atoms with Crippen LogP contribution in [0.15, 0.2) is 53.5 Å². The Morgan fingerprint density at radius 3 is 2.61 bits per heavy atom. The molecule has 0 radical (unpaired) electrons. The summed E-state index contributed by atoms with van der Waals surface area (Å²) in [7, 11) is 0. The number of alkyl halides is 3. The van der Waals surface area contributed by atoms with Crippen LogP contribution in [-0.2, 0) is 0 Å². The molecule has 0 atom stereocenters. The van der Waals surface area contributed by atoms with E-state index < -0.39 is 6.36 Å². The van der Waals surface area contributed by atoms with Crippen molar-refractivity contribution < 1.29 is 17.9 Å². The number of anilines is 1. The maximum absolute atomic E-state index is 12.6. The Balaban J connectivity index is 1.70. The highest BCUT2D eigenvalue weighted by molar-refractivity contribution is 5.64. The third kappa shape index (κ3) is 3.94. The Morgan fingerprint density at radius 2 is 1.86 bits per heavy atom. The van der Waals surface area contributed by atoms with Gasteiger partial charge in [0.2, 0.25) is 0 Å². The first-order chi connectivity index (χ1) is 13.4. The Hall–Kier alpha value is -3.07. The lowest BCUT2D eigenvalue weighted by Gasteiger charge is -2.29. The summed E-state index contributed by atoms with van der Waals surface area (Å²) >= 11 is 0. The number of aromatic nitrogens is 2. The van der Waals surface area contributed by atoms with Crippen molar-refractivity contribution in [3.05, 3.63) is 59.0 Å². The van der Waals surface area contributed by atoms with Crippen molar-refractivity contribution in [1.29, 1.82) is 0 Å². The van der Waals surface area contributed by atoms with Crippen LogP contribution in [0.5, 0.6) is 5.75 Å². The summed E-state index contributed by atoms with van der Waals surface area (Å²) < 4.78 is 42.7. The number of pyridine rings is 1. The zero-order valence-corrected chi connectivity index (χ0v) is 14.7. The molecule has 4 rings (SSSR count). The first-order valence-electron chi connectivity index (χ1n) is 8.74. The minimum Gasteiger partial charge on any atom is -0.406 e. The second kappa shape index (κ2) is 7.16. The molecule has 1 saturated heterocycles. The molecule has 9 heteroatoms. The summed E-state index contributed by atoms with van der Waals surface area (Å²) in [5.74, 6) is -0.360. The third-order valence-corrected chi connectivity index (χ3v) is 4.49. The van der Waals surface area contributed by atoms with Crippen molar-refractivity contribution in [2.24, 2.45) is 0 Å². The molecule has 0 spiro atoms. The highest BCUT2D eigenvalue weighted by Crippen LogP contribution is 2.27. The molecule has 1 aliphatic rings. The van der Waals surface area contributed by atoms with Gasteiger partial charge in [-0.2, -0.15) is 0 Å². The minimum absolute atomic E-state index is 0.285. The van der Waals surface area contributed by atoms with Gasteiger partial charge < -0.3 is 15.0 Å². The van der Waals surface area contributed by atoms with E-state index in [1.165, 1.54) is 28.7 Å². The Labute approximate surface area is 158 Å². The maximum atomic E-state index is 12.6. The second-order valence-corrected chi connectivity index (χ2v) is 6.41. The van der Waals surface area contributed by atoms with Crippen LogP contribution in [0.25, 0.3) is 16.9 Å². The van der Waals surface area contributed by atoms with Crippen LogP contribution in [0.1, 0.15) is 0 Å². The van der Waals surface area contributed by atoms with E-state index in [2.05, 4.69) is 19.9 Å². The molecule has 0 unspecified atom stereocenters. The quantitative estimate of drug-likeness (QED) is 0.745. The summed E-state index contributed by atoms with van der Waals surface area (Å²) in [6, 6.07) is 10.3. The predicted molar refractivity (Wildman–Crippen MR) is 98.7 cm³/mol. The second-order valence-electron chi connectivity index (χ2n) is 6.41. The summed E-state index contributed by atoms with van der Waals surface area (Å²) in [6.45, 7) is 3.44. The van der Waals surface area contributed by atoms with Crippen molar-refractivity contribution in [3.63, 3.8) is 0 Å². The van der Waals surface area contributed by atoms with E-state index in [1.807, 2.05) is 6.07 Å². The number of nitrogens with zero attached hydrogens (tertiary/aromatic N) is 3. The van der Waals surface area contributed by atoms with E-state index in [9.17, 15) is 18.0 Å². The molecule has 146 valence electrons. The number of rotatable bonds is 3. The Morgan fingerprint density at radius 1 is 1.07 bits per heavy atom. The van der Waals surface area contributed by atoms with Crippen LogP contribution in [0, 0.1) is 0 Å². The van der Waals surface area contributed by atoms with Crippen LogP contribution >= 0.6 is 0 Å². The summed E-state index contributed by atoms with van der Waals surface area (Å²) in [5.41, 5.74) is 1.69. The molecule has 1 aromatic carbocycles. The fourth-order valence-corrected chi connectivity index (χ4v) is 3.20. The van der Waals surface area contributed by atoms with Crippen LogP contribution in [0.3, 0.4) is 0 Å². The van der Waals surface area contributed by atoms with E-state index in [0.717, 1.165) is 31.9 Å². The van der Waals surface area contributed by atoms with Crippen molar-refractivity contribution in [1.82, 2.24) is 14.7 Å². The molecule has 1 fully saturated rings. The van der Waals surface area contributed by atoms with Gasteiger partial charge in [-0.05, 0) is 24.3 Å². The molecule has 3 heterocycles. The van der Waals surface area contributed by atoms with Crippen LogP contribution < -0.4 is 20.5 Å². The van der Waals surface area contributed by atoms with Gasteiger partial charge in [0.05, 0.1) is 11.4 Å². The average molecular weight is 390 g/mol. The number of halogens is 3. The van der Waals surface area contributed by atoms with Crippen molar-refractivity contribution in [2.45, 2.75) is 6.36 Å². The molecule has 0 bridgehead atoms. The zero-order chi connectivity index (χ0) is 19.7. The number of hydrogen-bond acceptors (Lipinski definition) is 5. The lowest BCUT2D eigenvalue weighted by atomic mass is 10.1. The number of piperazine rings is 1. The Bertz CT molecular complexity index is 1060. The smallest absolute Gasteiger partial charge is 0.406 e. The van der Waals surface area contributed by atoms with Gasteiger partial charge in [0, 0.05) is 44.0 Å². The van der Waals surface area contributed by atoms with Gasteiger partial charge in [-0.1, -0.05) is 12.1 Å². The lowest BCUT2D eigenvalue weighted by molar-refractivity contribution is -0.274. The molecule has 0 amide bonds. The van der Waals surface area contributed by atoms with Crippen LogP contribution in [-0.4, -0.2) is 41.9 Å². The summed E-state index contributed by atoms with van der Waals surface area (Å²) in [4.78, 5) is 19.2. The molecule has 28 heavy (non-hydrogen) atoms. The average Bonchev–Trinajstić information content (AvgIpc) is 2.67. The molecule has 6 nitrogen and oxygen atoms in total. The zero-order valence-electron chi connectivity index (χ0n) is 14.7. The SMILES string of the molecule is O=c1cc(-c2cccc(OC(F)(F)F)c2)nc2ccc(N3CCNCC3)cn12. The normalized spacial score (nSPS) is 15.0. The third-order valence-electron chi connectivity index (χ3n) is 4.49. The van der Waals surface area contributed by atoms with E-state index >= 15 is 0 Å². The van der Waals surface area contributed by atoms with E-state index in [-0.39, 0.29) is 17.0 Å². The Kier molecular flexibility index (Phi) is 4.68. The maximum Gasteiger partial charge on any atom is 0.573 e. The number of benzene rings is 1. The highest BCUT2D eigenvalue weighted by Gasteiger charge is 2.31. The number of nitrogens with one attached hydrogen (secondary N) is 1. The number of fused-ring (bicyclic) bond motifs is 1. The molecule has 1 N–H and O–H groups in total. The number of ether oxygens (including phenoxy) is 1. The van der Waals surface area contributed by atoms with Crippen molar-refractivity contribution in [3.8, 4) is 17.0 Å². The predicted octanol–water partition coefficient (Wildman–Crippen LogP) is 2.67. The fraction of sp³-hybridized carbons (Fsp3) is 0.263. The van der Waals surface area contributed by atoms with Crippen molar-refractivity contribution in [2.75, 3.05) is 31.1 Å². The monoisotopic (exact) mass is 390 g/mol. The largest absolute Gasteiger partial charge is 0.573 e. The molecule has 1 aliphatic heterocycles. The standard InChI is InChI=1S/C19H17F3N4O2/c20-19(21,22)28-15-3-1-2-13(10-15)16-11-18(27)26-12-14(4-5-17(26)24-16)25-8-6-23-7-9-25/h1-5,10-12,23H,6-9H2. The minimum atomic E-state index is -4.78. The van der Waals surface area contributed by atoms with Gasteiger partial charge in [-0.25, -0.2) is 4.98 Å².